The minimum atomic E-state index is 0.345. The summed E-state index contributed by atoms with van der Waals surface area (Å²) < 4.78 is 5.96. The van der Waals surface area contributed by atoms with Crippen molar-refractivity contribution >= 4 is 0 Å². The molecular formula is C14H17NO2. The summed E-state index contributed by atoms with van der Waals surface area (Å²) in [4.78, 5) is 5.22. The topological polar surface area (TPSA) is 30.5 Å². The number of nitrogens with one attached hydrogen (secondary N) is 1. The normalized spacial score (nSPS) is 23.4. The van der Waals surface area contributed by atoms with E-state index in [-0.39, 0.29) is 0 Å². The van der Waals surface area contributed by atoms with E-state index in [9.17, 15) is 0 Å². The highest BCUT2D eigenvalue weighted by molar-refractivity contribution is 5.19. The summed E-state index contributed by atoms with van der Waals surface area (Å²) in [7, 11) is 0. The van der Waals surface area contributed by atoms with Crippen molar-refractivity contribution < 1.29 is 9.57 Å². The van der Waals surface area contributed by atoms with Gasteiger partial charge in [0.2, 0.25) is 0 Å². The molecule has 0 fully saturated rings. The maximum absolute atomic E-state index is 5.96. The number of hydroxylamine groups is 1. The fourth-order valence-electron chi connectivity index (χ4n) is 2.39. The van der Waals surface area contributed by atoms with Crippen molar-refractivity contribution in [1.82, 2.24) is 5.48 Å². The number of ether oxygens (including phenoxy) is 1. The molecule has 2 aliphatic rings. The Morgan fingerprint density at radius 2 is 2.18 bits per heavy atom. The molecule has 1 aromatic carbocycles. The Labute approximate surface area is 101 Å². The Bertz CT molecular complexity index is 413. The first kappa shape index (κ1) is 10.8. The average molecular weight is 231 g/mol. The molecule has 3 rings (SSSR count). The molecule has 0 aromatic heterocycles. The van der Waals surface area contributed by atoms with Crippen LogP contribution in [0.4, 0.5) is 0 Å². The van der Waals surface area contributed by atoms with Gasteiger partial charge in [-0.25, -0.2) is 0 Å². The van der Waals surface area contributed by atoms with Crippen LogP contribution in [0.2, 0.25) is 0 Å². The fraction of sp³-hybridized carbons (Fsp3) is 0.429. The van der Waals surface area contributed by atoms with E-state index in [4.69, 9.17) is 9.57 Å². The largest absolute Gasteiger partial charge is 0.373 e. The lowest BCUT2D eigenvalue weighted by atomic mass is 9.95. The molecule has 0 bridgehead atoms. The van der Waals surface area contributed by atoms with Gasteiger partial charge in [0, 0.05) is 5.70 Å². The first-order chi connectivity index (χ1) is 8.42. The van der Waals surface area contributed by atoms with E-state index in [0.717, 1.165) is 25.9 Å². The van der Waals surface area contributed by atoms with Gasteiger partial charge in [-0.05, 0) is 30.4 Å². The molecule has 3 nitrogen and oxygen atoms in total. The smallest absolute Gasteiger partial charge is 0.0978 e. The zero-order valence-electron chi connectivity index (χ0n) is 9.82. The van der Waals surface area contributed by atoms with Crippen molar-refractivity contribution in [3.05, 3.63) is 47.2 Å². The lowest BCUT2D eigenvalue weighted by molar-refractivity contribution is 0.0320. The van der Waals surface area contributed by atoms with Gasteiger partial charge in [-0.15, -0.1) is 0 Å². The maximum atomic E-state index is 5.96. The van der Waals surface area contributed by atoms with Crippen LogP contribution in [-0.2, 0) is 16.2 Å². The Morgan fingerprint density at radius 3 is 3.06 bits per heavy atom. The molecule has 1 atom stereocenters. The zero-order chi connectivity index (χ0) is 11.5. The average Bonchev–Trinajstić information content (AvgIpc) is 2.85. The monoisotopic (exact) mass is 231 g/mol. The summed E-state index contributed by atoms with van der Waals surface area (Å²) in [6.45, 7) is 1.43. The third-order valence-corrected chi connectivity index (χ3v) is 3.39. The molecule has 1 aliphatic carbocycles. The minimum absolute atomic E-state index is 0.345. The van der Waals surface area contributed by atoms with Crippen LogP contribution >= 0.6 is 0 Å². The Hall–Kier alpha value is -1.32. The van der Waals surface area contributed by atoms with Crippen LogP contribution in [0.25, 0.3) is 0 Å². The van der Waals surface area contributed by atoms with Gasteiger partial charge in [0.25, 0.3) is 0 Å². The second-order valence-corrected chi connectivity index (χ2v) is 4.63. The van der Waals surface area contributed by atoms with Crippen molar-refractivity contribution in [2.75, 3.05) is 6.61 Å². The highest BCUT2D eigenvalue weighted by Gasteiger charge is 2.25. The molecule has 90 valence electrons. The summed E-state index contributed by atoms with van der Waals surface area (Å²) in [6, 6.07) is 10.3. The molecule has 0 saturated carbocycles. The fourth-order valence-corrected chi connectivity index (χ4v) is 2.39. The standard InChI is InChI=1S/C14H17NO2/c1-2-4-11(5-3-1)9-16-13-6-7-14-12(8-13)10-17-15-14/h1-5,13,15H,6-10H2. The van der Waals surface area contributed by atoms with E-state index >= 15 is 0 Å². The summed E-state index contributed by atoms with van der Waals surface area (Å²) in [5, 5.41) is 0. The van der Waals surface area contributed by atoms with E-state index in [2.05, 4.69) is 29.7 Å². The molecule has 1 heterocycles. The van der Waals surface area contributed by atoms with Crippen LogP contribution in [0.1, 0.15) is 24.8 Å². The van der Waals surface area contributed by atoms with Crippen molar-refractivity contribution in [2.24, 2.45) is 0 Å². The van der Waals surface area contributed by atoms with Crippen molar-refractivity contribution in [2.45, 2.75) is 32.0 Å². The van der Waals surface area contributed by atoms with Crippen molar-refractivity contribution in [1.29, 1.82) is 0 Å². The molecule has 3 heteroatoms. The van der Waals surface area contributed by atoms with E-state index in [1.807, 2.05) is 6.07 Å². The van der Waals surface area contributed by atoms with Crippen LogP contribution in [0.5, 0.6) is 0 Å². The van der Waals surface area contributed by atoms with Gasteiger partial charge in [0.1, 0.15) is 0 Å². The molecule has 0 saturated heterocycles. The molecule has 0 spiro atoms. The first-order valence-electron chi connectivity index (χ1n) is 6.16. The first-order valence-corrected chi connectivity index (χ1v) is 6.16. The maximum Gasteiger partial charge on any atom is 0.0978 e. The quantitative estimate of drug-likeness (QED) is 0.867. The number of allylic oxidation sites excluding steroid dienone is 1. The summed E-state index contributed by atoms with van der Waals surface area (Å²) >= 11 is 0. The van der Waals surface area contributed by atoms with E-state index in [1.165, 1.54) is 16.8 Å². The Kier molecular flexibility index (Phi) is 3.12. The Morgan fingerprint density at radius 1 is 1.29 bits per heavy atom. The van der Waals surface area contributed by atoms with Gasteiger partial charge in [0.15, 0.2) is 0 Å². The third-order valence-electron chi connectivity index (χ3n) is 3.39. The van der Waals surface area contributed by atoms with Crippen LogP contribution in [0.15, 0.2) is 41.6 Å². The molecule has 0 radical (unpaired) electrons. The Balaban J connectivity index is 1.54. The second-order valence-electron chi connectivity index (χ2n) is 4.63. The number of rotatable bonds is 3. The molecular weight excluding hydrogens is 214 g/mol. The summed E-state index contributed by atoms with van der Waals surface area (Å²) in [5.74, 6) is 0. The van der Waals surface area contributed by atoms with Crippen molar-refractivity contribution in [3.63, 3.8) is 0 Å². The SMILES string of the molecule is c1ccc(COC2CCC3=C(CON3)C2)cc1. The molecule has 1 aromatic rings. The van der Waals surface area contributed by atoms with Crippen LogP contribution in [0.3, 0.4) is 0 Å². The molecule has 1 aliphatic heterocycles. The molecule has 0 amide bonds. The predicted octanol–water partition coefficient (Wildman–Crippen LogP) is 2.54. The van der Waals surface area contributed by atoms with Gasteiger partial charge >= 0.3 is 0 Å². The zero-order valence-corrected chi connectivity index (χ0v) is 9.82. The van der Waals surface area contributed by atoms with E-state index in [0.29, 0.717) is 12.7 Å². The molecule has 1 N–H and O–H groups in total. The van der Waals surface area contributed by atoms with E-state index in [1.54, 1.807) is 0 Å². The second kappa shape index (κ2) is 4.90. The van der Waals surface area contributed by atoms with Gasteiger partial charge in [-0.2, -0.15) is 0 Å². The number of benzene rings is 1. The molecule has 1 unspecified atom stereocenters. The lowest BCUT2D eigenvalue weighted by Crippen LogP contribution is -2.20. The van der Waals surface area contributed by atoms with Gasteiger partial charge in [-0.1, -0.05) is 30.3 Å². The third kappa shape index (κ3) is 2.51. The summed E-state index contributed by atoms with van der Waals surface area (Å²) in [6.07, 6.45) is 3.49. The minimum Gasteiger partial charge on any atom is -0.373 e. The lowest BCUT2D eigenvalue weighted by Gasteiger charge is -2.23. The highest BCUT2D eigenvalue weighted by Crippen LogP contribution is 2.29. The number of hydrogen-bond acceptors (Lipinski definition) is 3. The van der Waals surface area contributed by atoms with Gasteiger partial charge in [0.05, 0.1) is 19.3 Å². The predicted molar refractivity (Wildman–Crippen MR) is 65.0 cm³/mol. The van der Waals surface area contributed by atoms with E-state index < -0.39 is 0 Å². The van der Waals surface area contributed by atoms with Crippen LogP contribution < -0.4 is 5.48 Å². The number of hydrogen-bond donors (Lipinski definition) is 1. The van der Waals surface area contributed by atoms with Gasteiger partial charge in [-0.3, -0.25) is 10.3 Å². The highest BCUT2D eigenvalue weighted by atomic mass is 16.6. The molecule has 17 heavy (non-hydrogen) atoms. The van der Waals surface area contributed by atoms with Crippen LogP contribution in [0, 0.1) is 0 Å². The van der Waals surface area contributed by atoms with Crippen LogP contribution in [-0.4, -0.2) is 12.7 Å². The van der Waals surface area contributed by atoms with Gasteiger partial charge < -0.3 is 4.74 Å². The summed E-state index contributed by atoms with van der Waals surface area (Å²) in [5.41, 5.74) is 6.89. The van der Waals surface area contributed by atoms with Crippen molar-refractivity contribution in [3.8, 4) is 0 Å².